The van der Waals surface area contributed by atoms with E-state index in [1.807, 2.05) is 24.3 Å². The number of benzene rings is 1. The molecule has 2 heterocycles. The number of hydrogen-bond donors (Lipinski definition) is 1. The number of amides is 1. The highest BCUT2D eigenvalue weighted by Crippen LogP contribution is 2.18. The Morgan fingerprint density at radius 1 is 1.25 bits per heavy atom. The van der Waals surface area contributed by atoms with Gasteiger partial charge in [-0.15, -0.1) is 0 Å². The summed E-state index contributed by atoms with van der Waals surface area (Å²) in [6.07, 6.45) is 3.00. The van der Waals surface area contributed by atoms with Gasteiger partial charge in [-0.1, -0.05) is 18.2 Å². The first-order valence-corrected chi connectivity index (χ1v) is 6.65. The zero-order chi connectivity index (χ0) is 14.1. The molecule has 6 nitrogen and oxygen atoms in total. The SMILES string of the molecule is Cn1nc(C(=O)Nc2cnc(Br)cn2)c2ccccc21. The maximum atomic E-state index is 12.3. The van der Waals surface area contributed by atoms with Crippen LogP contribution in [0, 0.1) is 0 Å². The third-order valence-electron chi connectivity index (χ3n) is 2.83. The number of para-hydroxylation sites is 1. The van der Waals surface area contributed by atoms with Crippen molar-refractivity contribution in [2.75, 3.05) is 5.32 Å². The Morgan fingerprint density at radius 3 is 2.80 bits per heavy atom. The van der Waals surface area contributed by atoms with Crippen molar-refractivity contribution in [2.24, 2.45) is 7.05 Å². The summed E-state index contributed by atoms with van der Waals surface area (Å²) in [6, 6.07) is 7.56. The molecule has 0 atom stereocenters. The van der Waals surface area contributed by atoms with Crippen LogP contribution in [0.5, 0.6) is 0 Å². The van der Waals surface area contributed by atoms with Gasteiger partial charge in [-0.05, 0) is 22.0 Å². The Morgan fingerprint density at radius 2 is 2.05 bits per heavy atom. The quantitative estimate of drug-likeness (QED) is 0.782. The van der Waals surface area contributed by atoms with Gasteiger partial charge in [0.15, 0.2) is 11.5 Å². The highest BCUT2D eigenvalue weighted by molar-refractivity contribution is 9.10. The van der Waals surface area contributed by atoms with Crippen LogP contribution in [0.25, 0.3) is 10.9 Å². The van der Waals surface area contributed by atoms with Crippen LogP contribution in [0.1, 0.15) is 10.5 Å². The number of aryl methyl sites for hydroxylation is 1. The summed E-state index contributed by atoms with van der Waals surface area (Å²) in [5, 5.41) is 7.74. The first-order valence-electron chi connectivity index (χ1n) is 5.86. The van der Waals surface area contributed by atoms with Gasteiger partial charge in [0, 0.05) is 12.4 Å². The minimum Gasteiger partial charge on any atom is -0.304 e. The third kappa shape index (κ3) is 2.27. The number of rotatable bonds is 2. The number of aromatic nitrogens is 4. The van der Waals surface area contributed by atoms with Gasteiger partial charge in [-0.25, -0.2) is 9.97 Å². The number of nitrogens with one attached hydrogen (secondary N) is 1. The zero-order valence-corrected chi connectivity index (χ0v) is 12.1. The molecule has 100 valence electrons. The van der Waals surface area contributed by atoms with Crippen molar-refractivity contribution in [3.63, 3.8) is 0 Å². The monoisotopic (exact) mass is 331 g/mol. The largest absolute Gasteiger partial charge is 0.304 e. The van der Waals surface area contributed by atoms with Crippen molar-refractivity contribution < 1.29 is 4.79 Å². The van der Waals surface area contributed by atoms with E-state index < -0.39 is 0 Å². The number of hydrogen-bond acceptors (Lipinski definition) is 4. The highest BCUT2D eigenvalue weighted by Gasteiger charge is 2.16. The van der Waals surface area contributed by atoms with E-state index in [-0.39, 0.29) is 5.91 Å². The molecule has 1 N–H and O–H groups in total. The second-order valence-corrected chi connectivity index (χ2v) is 4.98. The molecular weight excluding hydrogens is 322 g/mol. The fraction of sp³-hybridized carbons (Fsp3) is 0.0769. The van der Waals surface area contributed by atoms with Gasteiger partial charge in [-0.3, -0.25) is 9.48 Å². The van der Waals surface area contributed by atoms with E-state index in [0.29, 0.717) is 16.1 Å². The number of nitrogens with zero attached hydrogens (tertiary/aromatic N) is 4. The number of carbonyl (C=O) groups excluding carboxylic acids is 1. The Hall–Kier alpha value is -2.28. The molecule has 0 unspecified atom stereocenters. The zero-order valence-electron chi connectivity index (χ0n) is 10.5. The molecule has 0 saturated heterocycles. The predicted molar refractivity (Wildman–Crippen MR) is 78.4 cm³/mol. The van der Waals surface area contributed by atoms with Gasteiger partial charge in [0.2, 0.25) is 0 Å². The molecule has 0 aliphatic heterocycles. The van der Waals surface area contributed by atoms with Crippen LogP contribution in [0.2, 0.25) is 0 Å². The normalized spacial score (nSPS) is 10.7. The topological polar surface area (TPSA) is 72.7 Å². The van der Waals surface area contributed by atoms with E-state index in [4.69, 9.17) is 0 Å². The first kappa shape index (κ1) is 12.7. The maximum Gasteiger partial charge on any atom is 0.278 e. The summed E-state index contributed by atoms with van der Waals surface area (Å²) in [7, 11) is 1.80. The number of carbonyl (C=O) groups is 1. The molecule has 7 heteroatoms. The van der Waals surface area contributed by atoms with Crippen LogP contribution < -0.4 is 5.32 Å². The summed E-state index contributed by atoms with van der Waals surface area (Å²) in [6.45, 7) is 0. The number of anilines is 1. The number of fused-ring (bicyclic) bond motifs is 1. The molecule has 1 amide bonds. The molecule has 0 aliphatic carbocycles. The molecule has 3 aromatic rings. The van der Waals surface area contributed by atoms with Crippen molar-refractivity contribution in [2.45, 2.75) is 0 Å². The van der Waals surface area contributed by atoms with E-state index in [1.165, 1.54) is 12.4 Å². The Balaban J connectivity index is 1.95. The minimum atomic E-state index is -0.307. The second kappa shape index (κ2) is 5.01. The van der Waals surface area contributed by atoms with Gasteiger partial charge in [-0.2, -0.15) is 5.10 Å². The fourth-order valence-corrected chi connectivity index (χ4v) is 2.14. The summed E-state index contributed by atoms with van der Waals surface area (Å²) in [5.74, 6) is 0.0753. The van der Waals surface area contributed by atoms with Crippen LogP contribution in [-0.4, -0.2) is 25.7 Å². The molecule has 0 saturated carbocycles. The molecule has 0 bridgehead atoms. The van der Waals surface area contributed by atoms with Crippen molar-refractivity contribution >= 4 is 38.6 Å². The fourth-order valence-electron chi connectivity index (χ4n) is 1.93. The van der Waals surface area contributed by atoms with E-state index in [2.05, 4.69) is 36.3 Å². The Bertz CT molecular complexity index is 781. The van der Waals surface area contributed by atoms with E-state index in [9.17, 15) is 4.79 Å². The molecule has 0 fully saturated rings. The van der Waals surface area contributed by atoms with Gasteiger partial charge in [0.05, 0.1) is 17.9 Å². The first-order chi connectivity index (χ1) is 9.65. The lowest BCUT2D eigenvalue weighted by Gasteiger charge is -2.01. The van der Waals surface area contributed by atoms with Crippen molar-refractivity contribution in [1.29, 1.82) is 0 Å². The minimum absolute atomic E-state index is 0.307. The average Bonchev–Trinajstić information content (AvgIpc) is 2.79. The van der Waals surface area contributed by atoms with Crippen LogP contribution in [-0.2, 0) is 7.05 Å². The van der Waals surface area contributed by atoms with Gasteiger partial charge >= 0.3 is 0 Å². The predicted octanol–water partition coefficient (Wildman–Crippen LogP) is 2.38. The molecule has 0 aliphatic rings. The molecular formula is C13H10BrN5O. The maximum absolute atomic E-state index is 12.3. The van der Waals surface area contributed by atoms with Crippen molar-refractivity contribution in [1.82, 2.24) is 19.7 Å². The van der Waals surface area contributed by atoms with Gasteiger partial charge in [0.25, 0.3) is 5.91 Å². The lowest BCUT2D eigenvalue weighted by atomic mass is 10.2. The molecule has 0 radical (unpaired) electrons. The average molecular weight is 332 g/mol. The molecule has 0 spiro atoms. The molecule has 3 rings (SSSR count). The standard InChI is InChI=1S/C13H10BrN5O/c1-19-9-5-3-2-4-8(9)12(18-19)13(20)17-11-7-15-10(14)6-16-11/h2-7H,1H3,(H,16,17,20). The third-order valence-corrected chi connectivity index (χ3v) is 3.24. The Labute approximate surface area is 123 Å². The van der Waals surface area contributed by atoms with Gasteiger partial charge in [0.1, 0.15) is 4.60 Å². The molecule has 1 aromatic carbocycles. The van der Waals surface area contributed by atoms with E-state index in [0.717, 1.165) is 10.9 Å². The molecule has 2 aromatic heterocycles. The smallest absolute Gasteiger partial charge is 0.278 e. The summed E-state index contributed by atoms with van der Waals surface area (Å²) in [5.41, 5.74) is 1.27. The van der Waals surface area contributed by atoms with Crippen LogP contribution >= 0.6 is 15.9 Å². The summed E-state index contributed by atoms with van der Waals surface area (Å²) >= 11 is 3.19. The van der Waals surface area contributed by atoms with Crippen LogP contribution in [0.15, 0.2) is 41.3 Å². The lowest BCUT2D eigenvalue weighted by Crippen LogP contribution is -2.14. The second-order valence-electron chi connectivity index (χ2n) is 4.17. The number of halogens is 1. The van der Waals surface area contributed by atoms with Crippen molar-refractivity contribution in [3.05, 3.63) is 47.0 Å². The van der Waals surface area contributed by atoms with Crippen LogP contribution in [0.4, 0.5) is 5.82 Å². The van der Waals surface area contributed by atoms with E-state index >= 15 is 0 Å². The van der Waals surface area contributed by atoms with Gasteiger partial charge < -0.3 is 5.32 Å². The lowest BCUT2D eigenvalue weighted by molar-refractivity contribution is 0.102. The summed E-state index contributed by atoms with van der Waals surface area (Å²) in [4.78, 5) is 20.3. The highest BCUT2D eigenvalue weighted by atomic mass is 79.9. The van der Waals surface area contributed by atoms with Crippen molar-refractivity contribution in [3.8, 4) is 0 Å². The Kier molecular flexibility index (Phi) is 3.19. The van der Waals surface area contributed by atoms with E-state index in [1.54, 1.807) is 11.7 Å². The molecule has 20 heavy (non-hydrogen) atoms. The van der Waals surface area contributed by atoms with Crippen LogP contribution in [0.3, 0.4) is 0 Å². The summed E-state index contributed by atoms with van der Waals surface area (Å²) < 4.78 is 2.29.